The van der Waals surface area contributed by atoms with Crippen molar-refractivity contribution < 1.29 is 22.7 Å². The van der Waals surface area contributed by atoms with Gasteiger partial charge in [0.1, 0.15) is 0 Å². The molecule has 0 aliphatic heterocycles. The number of nitrogens with two attached hydrogens (primary N) is 1. The number of benzene rings is 1. The molecular weight excluding hydrogens is 341 g/mol. The van der Waals surface area contributed by atoms with Gasteiger partial charge in [-0.1, -0.05) is 22.9 Å². The number of nitrogens with one attached hydrogen (secondary N) is 1. The molecule has 0 fully saturated rings. The van der Waals surface area contributed by atoms with Crippen molar-refractivity contribution in [3.8, 4) is 5.75 Å². The fourth-order valence-electron chi connectivity index (χ4n) is 1.23. The van der Waals surface area contributed by atoms with Crippen LogP contribution in [0.5, 0.6) is 5.75 Å². The molecule has 0 radical (unpaired) electrons. The maximum absolute atomic E-state index is 12.3. The van der Waals surface area contributed by atoms with Crippen molar-refractivity contribution in [2.24, 2.45) is 5.73 Å². The Morgan fingerprint density at radius 1 is 1.45 bits per heavy atom. The van der Waals surface area contributed by atoms with Gasteiger partial charge in [0.15, 0.2) is 5.75 Å². The summed E-state index contributed by atoms with van der Waals surface area (Å²) < 4.78 is 41.2. The van der Waals surface area contributed by atoms with E-state index < -0.39 is 23.6 Å². The van der Waals surface area contributed by atoms with E-state index in [1.54, 1.807) is 6.92 Å². The van der Waals surface area contributed by atoms with Gasteiger partial charge in [-0.25, -0.2) is 0 Å². The molecule has 112 valence electrons. The predicted molar refractivity (Wildman–Crippen MR) is 72.3 cm³/mol. The zero-order valence-electron chi connectivity index (χ0n) is 10.8. The number of carbonyl (C=O) groups excluding carboxylic acids is 1. The maximum Gasteiger partial charge on any atom is 0.573 e. The molecule has 1 aromatic carbocycles. The maximum atomic E-state index is 12.3. The molecule has 0 aliphatic rings. The highest BCUT2D eigenvalue weighted by atomic mass is 79.9. The monoisotopic (exact) mass is 354 g/mol. The molecule has 1 atom stereocenters. The lowest BCUT2D eigenvalue weighted by Crippen LogP contribution is -2.47. The summed E-state index contributed by atoms with van der Waals surface area (Å²) in [5.41, 5.74) is 4.46. The molecule has 1 aromatic rings. The molecule has 0 saturated carbocycles. The Bertz CT molecular complexity index is 504. The molecule has 0 saturated heterocycles. The molecule has 0 aliphatic carbocycles. The first-order valence-electron chi connectivity index (χ1n) is 5.71. The second-order valence-corrected chi connectivity index (χ2v) is 5.33. The predicted octanol–water partition coefficient (Wildman–Crippen LogP) is 3.41. The third-order valence-electron chi connectivity index (χ3n) is 2.67. The van der Waals surface area contributed by atoms with Crippen LogP contribution in [0.15, 0.2) is 22.7 Å². The SMILES string of the molecule is CCC(C)(N)C(=O)Nc1ccc(Br)cc1OC(F)(F)F. The van der Waals surface area contributed by atoms with Gasteiger partial charge in [0.05, 0.1) is 11.2 Å². The fraction of sp³-hybridized carbons (Fsp3) is 0.417. The number of hydrogen-bond acceptors (Lipinski definition) is 3. The van der Waals surface area contributed by atoms with Crippen LogP contribution in [0.1, 0.15) is 20.3 Å². The third kappa shape index (κ3) is 4.68. The first-order valence-corrected chi connectivity index (χ1v) is 6.50. The Kier molecular flexibility index (Phi) is 5.04. The Morgan fingerprint density at radius 3 is 2.55 bits per heavy atom. The average Bonchev–Trinajstić information content (AvgIpc) is 2.30. The van der Waals surface area contributed by atoms with Crippen molar-refractivity contribution >= 4 is 27.5 Å². The Morgan fingerprint density at radius 2 is 2.05 bits per heavy atom. The second kappa shape index (κ2) is 6.01. The number of hydrogen-bond donors (Lipinski definition) is 2. The van der Waals surface area contributed by atoms with Crippen molar-refractivity contribution in [2.45, 2.75) is 32.2 Å². The first kappa shape index (κ1) is 16.8. The molecule has 1 amide bonds. The largest absolute Gasteiger partial charge is 0.573 e. The van der Waals surface area contributed by atoms with E-state index in [4.69, 9.17) is 5.73 Å². The average molecular weight is 355 g/mol. The molecule has 1 rings (SSSR count). The Labute approximate surface area is 122 Å². The lowest BCUT2D eigenvalue weighted by molar-refractivity contribution is -0.274. The molecule has 4 nitrogen and oxygen atoms in total. The van der Waals surface area contributed by atoms with Gasteiger partial charge in [-0.05, 0) is 31.5 Å². The van der Waals surface area contributed by atoms with Crippen molar-refractivity contribution in [2.75, 3.05) is 5.32 Å². The van der Waals surface area contributed by atoms with Crippen molar-refractivity contribution in [3.63, 3.8) is 0 Å². The summed E-state index contributed by atoms with van der Waals surface area (Å²) >= 11 is 3.04. The van der Waals surface area contributed by atoms with E-state index in [1.165, 1.54) is 19.1 Å². The summed E-state index contributed by atoms with van der Waals surface area (Å²) in [6.45, 7) is 3.19. The highest BCUT2D eigenvalue weighted by Gasteiger charge is 2.33. The van der Waals surface area contributed by atoms with Crippen LogP contribution in [0, 0.1) is 0 Å². The van der Waals surface area contributed by atoms with E-state index >= 15 is 0 Å². The Hall–Kier alpha value is -1.28. The van der Waals surface area contributed by atoms with Gasteiger partial charge < -0.3 is 15.8 Å². The summed E-state index contributed by atoms with van der Waals surface area (Å²) in [6.07, 6.45) is -4.51. The van der Waals surface area contributed by atoms with Gasteiger partial charge in [-0.15, -0.1) is 13.2 Å². The standard InChI is InChI=1S/C12H14BrF3N2O2/c1-3-11(2,17)10(19)18-8-5-4-7(13)6-9(8)20-12(14,15)16/h4-6H,3,17H2,1-2H3,(H,18,19). The first-order chi connectivity index (χ1) is 9.05. The van der Waals surface area contributed by atoms with E-state index in [9.17, 15) is 18.0 Å². The van der Waals surface area contributed by atoms with Gasteiger partial charge in [0.25, 0.3) is 0 Å². The topological polar surface area (TPSA) is 64.4 Å². The summed E-state index contributed by atoms with van der Waals surface area (Å²) in [5, 5.41) is 2.34. The van der Waals surface area contributed by atoms with Gasteiger partial charge in [-0.2, -0.15) is 0 Å². The van der Waals surface area contributed by atoms with Crippen molar-refractivity contribution in [1.29, 1.82) is 0 Å². The van der Waals surface area contributed by atoms with Crippen LogP contribution in [-0.2, 0) is 4.79 Å². The van der Waals surface area contributed by atoms with E-state index in [1.807, 2.05) is 0 Å². The number of anilines is 1. The molecule has 0 aromatic heterocycles. The molecule has 1 unspecified atom stereocenters. The minimum Gasteiger partial charge on any atom is -0.404 e. The highest BCUT2D eigenvalue weighted by Crippen LogP contribution is 2.33. The van der Waals surface area contributed by atoms with Gasteiger partial charge in [-0.3, -0.25) is 4.79 Å². The van der Waals surface area contributed by atoms with Crippen molar-refractivity contribution in [3.05, 3.63) is 22.7 Å². The minimum absolute atomic E-state index is 0.0966. The summed E-state index contributed by atoms with van der Waals surface area (Å²) in [6, 6.07) is 3.90. The normalized spacial score (nSPS) is 14.6. The van der Waals surface area contributed by atoms with Crippen LogP contribution in [0.4, 0.5) is 18.9 Å². The minimum atomic E-state index is -4.85. The number of halogens is 4. The zero-order valence-corrected chi connectivity index (χ0v) is 12.4. The lowest BCUT2D eigenvalue weighted by atomic mass is 9.99. The number of alkyl halides is 3. The number of rotatable bonds is 4. The summed E-state index contributed by atoms with van der Waals surface area (Å²) in [4.78, 5) is 11.9. The van der Waals surface area contributed by atoms with Crippen LogP contribution in [0.2, 0.25) is 0 Å². The third-order valence-corrected chi connectivity index (χ3v) is 3.16. The molecule has 0 heterocycles. The summed E-state index contributed by atoms with van der Waals surface area (Å²) in [7, 11) is 0. The van der Waals surface area contributed by atoms with Gasteiger partial charge in [0, 0.05) is 4.47 Å². The van der Waals surface area contributed by atoms with Crippen LogP contribution in [-0.4, -0.2) is 17.8 Å². The van der Waals surface area contributed by atoms with E-state index in [2.05, 4.69) is 26.0 Å². The van der Waals surface area contributed by atoms with Crippen LogP contribution < -0.4 is 15.8 Å². The Balaban J connectivity index is 3.04. The highest BCUT2D eigenvalue weighted by molar-refractivity contribution is 9.10. The van der Waals surface area contributed by atoms with Gasteiger partial charge >= 0.3 is 6.36 Å². The smallest absolute Gasteiger partial charge is 0.404 e. The molecule has 0 bridgehead atoms. The lowest BCUT2D eigenvalue weighted by Gasteiger charge is -2.22. The number of amides is 1. The van der Waals surface area contributed by atoms with Gasteiger partial charge in [0.2, 0.25) is 5.91 Å². The fourth-order valence-corrected chi connectivity index (χ4v) is 1.57. The van der Waals surface area contributed by atoms with E-state index in [0.29, 0.717) is 10.9 Å². The van der Waals surface area contributed by atoms with Crippen molar-refractivity contribution in [1.82, 2.24) is 0 Å². The van der Waals surface area contributed by atoms with Crippen LogP contribution in [0.3, 0.4) is 0 Å². The van der Waals surface area contributed by atoms with Crippen LogP contribution >= 0.6 is 15.9 Å². The molecular formula is C12H14BrF3N2O2. The molecule has 8 heteroatoms. The van der Waals surface area contributed by atoms with E-state index in [-0.39, 0.29) is 5.69 Å². The zero-order chi connectivity index (χ0) is 15.6. The molecule has 0 spiro atoms. The quantitative estimate of drug-likeness (QED) is 0.870. The van der Waals surface area contributed by atoms with E-state index in [0.717, 1.165) is 6.07 Å². The second-order valence-electron chi connectivity index (χ2n) is 4.41. The number of ether oxygens (including phenoxy) is 1. The molecule has 3 N–H and O–H groups in total. The van der Waals surface area contributed by atoms with Crippen LogP contribution in [0.25, 0.3) is 0 Å². The summed E-state index contributed by atoms with van der Waals surface area (Å²) in [5.74, 6) is -1.10. The molecule has 20 heavy (non-hydrogen) atoms. The number of carbonyl (C=O) groups is 1.